The van der Waals surface area contributed by atoms with Crippen molar-refractivity contribution < 1.29 is 27.2 Å². The fraction of sp³-hybridized carbons (Fsp3) is 0.0435. The van der Waals surface area contributed by atoms with Crippen molar-refractivity contribution in [2.24, 2.45) is 0 Å². The first-order valence-electron chi connectivity index (χ1n) is 9.42. The summed E-state index contributed by atoms with van der Waals surface area (Å²) in [6, 6.07) is 15.5. The predicted molar refractivity (Wildman–Crippen MR) is 128 cm³/mol. The lowest BCUT2D eigenvalue weighted by atomic mass is 10.1. The van der Waals surface area contributed by atoms with Crippen LogP contribution < -0.4 is 14.2 Å². The van der Waals surface area contributed by atoms with Gasteiger partial charge in [0.2, 0.25) is 5.75 Å². The first-order chi connectivity index (χ1) is 16.1. The smallest absolute Gasteiger partial charge is 0.339 e. The number of methoxy groups -OCH3 is 1. The zero-order valence-corrected chi connectivity index (χ0v) is 19.8. The second-order valence-corrected chi connectivity index (χ2v) is 9.09. The molecule has 0 aliphatic rings. The van der Waals surface area contributed by atoms with Crippen LogP contribution in [0.2, 0.25) is 10.0 Å². The SMILES string of the molecule is COc1cc(/C=C(\C#N)C(=O)Nc2ccc(O)cc2)cc(Cl)c1OS(=O)(=O)c1ccc(Cl)cc1. The van der Waals surface area contributed by atoms with E-state index in [4.69, 9.17) is 32.1 Å². The molecule has 0 aromatic heterocycles. The van der Waals surface area contributed by atoms with Gasteiger partial charge in [-0.3, -0.25) is 4.79 Å². The molecule has 0 radical (unpaired) electrons. The molecule has 0 unspecified atom stereocenters. The summed E-state index contributed by atoms with van der Waals surface area (Å²) in [7, 11) is -2.97. The van der Waals surface area contributed by atoms with Gasteiger partial charge in [0, 0.05) is 10.7 Å². The van der Waals surface area contributed by atoms with Crippen LogP contribution >= 0.6 is 23.2 Å². The second-order valence-electron chi connectivity index (χ2n) is 6.70. The zero-order chi connectivity index (χ0) is 24.9. The quantitative estimate of drug-likeness (QED) is 0.194. The monoisotopic (exact) mass is 518 g/mol. The summed E-state index contributed by atoms with van der Waals surface area (Å²) in [6.07, 6.45) is 1.25. The lowest BCUT2D eigenvalue weighted by Crippen LogP contribution is -2.13. The molecule has 0 saturated carbocycles. The van der Waals surface area contributed by atoms with Gasteiger partial charge in [0.1, 0.15) is 22.3 Å². The number of nitriles is 1. The molecule has 8 nitrogen and oxygen atoms in total. The van der Waals surface area contributed by atoms with Gasteiger partial charge in [-0.25, -0.2) is 0 Å². The highest BCUT2D eigenvalue weighted by atomic mass is 35.5. The topological polar surface area (TPSA) is 126 Å². The molecule has 0 fully saturated rings. The molecule has 0 heterocycles. The number of nitrogens with one attached hydrogen (secondary N) is 1. The lowest BCUT2D eigenvalue weighted by Gasteiger charge is -2.13. The van der Waals surface area contributed by atoms with Gasteiger partial charge in [0.15, 0.2) is 5.75 Å². The van der Waals surface area contributed by atoms with Crippen molar-refractivity contribution in [2.75, 3.05) is 12.4 Å². The molecule has 0 atom stereocenters. The number of halogens is 2. The summed E-state index contributed by atoms with van der Waals surface area (Å²) in [5, 5.41) is 21.5. The summed E-state index contributed by atoms with van der Waals surface area (Å²) in [6.45, 7) is 0. The zero-order valence-electron chi connectivity index (χ0n) is 17.5. The molecule has 3 aromatic carbocycles. The summed E-state index contributed by atoms with van der Waals surface area (Å²) >= 11 is 12.1. The maximum atomic E-state index is 12.6. The number of amides is 1. The number of hydrogen-bond acceptors (Lipinski definition) is 7. The third-order valence-electron chi connectivity index (χ3n) is 4.35. The van der Waals surface area contributed by atoms with Crippen LogP contribution in [-0.2, 0) is 14.9 Å². The Morgan fingerprint density at radius 1 is 1.09 bits per heavy atom. The molecule has 0 aliphatic heterocycles. The molecule has 34 heavy (non-hydrogen) atoms. The number of hydrogen-bond donors (Lipinski definition) is 2. The molecule has 3 rings (SSSR count). The van der Waals surface area contributed by atoms with Crippen LogP contribution in [0, 0.1) is 11.3 Å². The van der Waals surface area contributed by atoms with Crippen molar-refractivity contribution in [1.82, 2.24) is 0 Å². The van der Waals surface area contributed by atoms with Crippen LogP contribution in [0.5, 0.6) is 17.2 Å². The van der Waals surface area contributed by atoms with Crippen LogP contribution in [0.1, 0.15) is 5.56 Å². The van der Waals surface area contributed by atoms with Gasteiger partial charge in [-0.15, -0.1) is 0 Å². The Balaban J connectivity index is 1.90. The van der Waals surface area contributed by atoms with E-state index in [-0.39, 0.29) is 38.3 Å². The van der Waals surface area contributed by atoms with E-state index in [9.17, 15) is 23.6 Å². The van der Waals surface area contributed by atoms with Crippen LogP contribution in [0.15, 0.2) is 71.1 Å². The predicted octanol–water partition coefficient (Wildman–Crippen LogP) is 5.02. The maximum absolute atomic E-state index is 12.6. The molecule has 0 aliphatic carbocycles. The van der Waals surface area contributed by atoms with Crippen LogP contribution in [0.4, 0.5) is 5.69 Å². The number of phenols is 1. The fourth-order valence-corrected chi connectivity index (χ4v) is 4.11. The van der Waals surface area contributed by atoms with Crippen LogP contribution in [0.3, 0.4) is 0 Å². The minimum atomic E-state index is -4.25. The van der Waals surface area contributed by atoms with Crippen molar-refractivity contribution in [2.45, 2.75) is 4.90 Å². The van der Waals surface area contributed by atoms with Crippen molar-refractivity contribution in [3.05, 3.63) is 81.8 Å². The first-order valence-corrected chi connectivity index (χ1v) is 11.6. The molecule has 1 amide bonds. The average Bonchev–Trinajstić information content (AvgIpc) is 2.80. The molecule has 11 heteroatoms. The van der Waals surface area contributed by atoms with E-state index in [1.165, 1.54) is 73.8 Å². The average molecular weight is 519 g/mol. The molecule has 0 bridgehead atoms. The van der Waals surface area contributed by atoms with E-state index < -0.39 is 16.0 Å². The summed E-state index contributed by atoms with van der Waals surface area (Å²) in [5.41, 5.74) is 0.403. The van der Waals surface area contributed by atoms with Gasteiger partial charge in [-0.05, 0) is 72.3 Å². The van der Waals surface area contributed by atoms with Crippen molar-refractivity contribution >= 4 is 51.0 Å². The number of ether oxygens (including phenoxy) is 1. The minimum Gasteiger partial charge on any atom is -0.508 e. The molecule has 2 N–H and O–H groups in total. The van der Waals surface area contributed by atoms with Crippen LogP contribution in [0.25, 0.3) is 6.08 Å². The number of aromatic hydroxyl groups is 1. The molecule has 174 valence electrons. The number of rotatable bonds is 7. The molecular formula is C23H16Cl2N2O6S. The summed E-state index contributed by atoms with van der Waals surface area (Å²) in [4.78, 5) is 12.3. The highest BCUT2D eigenvalue weighted by Gasteiger charge is 2.22. The van der Waals surface area contributed by atoms with Gasteiger partial charge < -0.3 is 19.3 Å². The Labute approximate surface area is 205 Å². The third kappa shape index (κ3) is 5.99. The van der Waals surface area contributed by atoms with Gasteiger partial charge in [0.25, 0.3) is 5.91 Å². The van der Waals surface area contributed by atoms with Gasteiger partial charge in [0.05, 0.1) is 12.1 Å². The van der Waals surface area contributed by atoms with E-state index in [1.54, 1.807) is 6.07 Å². The van der Waals surface area contributed by atoms with E-state index in [0.717, 1.165) is 0 Å². The molecule has 3 aromatic rings. The first kappa shape index (κ1) is 24.9. The summed E-state index contributed by atoms with van der Waals surface area (Å²) in [5.74, 6) is -0.971. The number of carbonyl (C=O) groups excluding carboxylic acids is 1. The Kier molecular flexibility index (Phi) is 7.68. The molecule has 0 saturated heterocycles. The fourth-order valence-electron chi connectivity index (χ4n) is 2.72. The number of benzene rings is 3. The van der Waals surface area contributed by atoms with Crippen LogP contribution in [-0.4, -0.2) is 26.5 Å². The van der Waals surface area contributed by atoms with Gasteiger partial charge in [-0.1, -0.05) is 23.2 Å². The molecule has 0 spiro atoms. The van der Waals surface area contributed by atoms with Gasteiger partial charge >= 0.3 is 10.1 Å². The van der Waals surface area contributed by atoms with Crippen molar-refractivity contribution in [3.63, 3.8) is 0 Å². The third-order valence-corrected chi connectivity index (χ3v) is 6.12. The minimum absolute atomic E-state index is 0.0242. The maximum Gasteiger partial charge on any atom is 0.339 e. The molecular weight excluding hydrogens is 503 g/mol. The Bertz CT molecular complexity index is 1400. The van der Waals surface area contributed by atoms with E-state index in [1.807, 2.05) is 0 Å². The number of anilines is 1. The largest absolute Gasteiger partial charge is 0.508 e. The standard InChI is InChI=1S/C23H16Cl2N2O6S/c1-32-21-12-14(10-15(13-26)23(29)27-17-4-6-18(28)7-5-17)11-20(25)22(21)33-34(30,31)19-8-2-16(24)3-9-19/h2-12,28H,1H3,(H,27,29)/b15-10+. The summed E-state index contributed by atoms with van der Waals surface area (Å²) < 4.78 is 35.7. The Morgan fingerprint density at radius 2 is 1.74 bits per heavy atom. The van der Waals surface area contributed by atoms with Crippen molar-refractivity contribution in [3.8, 4) is 23.3 Å². The van der Waals surface area contributed by atoms with E-state index in [0.29, 0.717) is 10.7 Å². The number of nitrogens with zero attached hydrogens (tertiary/aromatic N) is 1. The normalized spacial score (nSPS) is 11.4. The number of carbonyl (C=O) groups is 1. The van der Waals surface area contributed by atoms with Crippen molar-refractivity contribution in [1.29, 1.82) is 5.26 Å². The highest BCUT2D eigenvalue weighted by Crippen LogP contribution is 2.39. The Hall–Kier alpha value is -3.71. The number of phenolic OH excluding ortho intramolecular Hbond substituents is 1. The second kappa shape index (κ2) is 10.5. The van der Waals surface area contributed by atoms with E-state index >= 15 is 0 Å². The van der Waals surface area contributed by atoms with E-state index in [2.05, 4.69) is 5.32 Å². The Morgan fingerprint density at radius 3 is 2.32 bits per heavy atom. The lowest BCUT2D eigenvalue weighted by molar-refractivity contribution is -0.112. The van der Waals surface area contributed by atoms with Gasteiger partial charge in [-0.2, -0.15) is 13.7 Å². The highest BCUT2D eigenvalue weighted by molar-refractivity contribution is 7.87.